The number of piperidine rings is 1. The molecular weight excluding hydrogens is 692 g/mol. The molecule has 0 saturated carbocycles. The molecule has 2 aromatic heterocycles. The van der Waals surface area contributed by atoms with Crippen LogP contribution < -0.4 is 21.3 Å². The maximum atomic E-state index is 14.7. The Bertz CT molecular complexity index is 2140. The molecule has 0 spiro atoms. The normalized spacial score (nSPS) is 15.4. The number of anilines is 3. The molecule has 6 amide bonds. The second kappa shape index (κ2) is 15.5. The Morgan fingerprint density at radius 1 is 0.943 bits per heavy atom. The molecule has 4 aromatic rings. The molecule has 1 saturated heterocycles. The second-order valence-electron chi connectivity index (χ2n) is 12.8. The molecule has 2 aliphatic heterocycles. The summed E-state index contributed by atoms with van der Waals surface area (Å²) in [5.74, 6) is -5.43. The van der Waals surface area contributed by atoms with E-state index in [-0.39, 0.29) is 47.9 Å². The van der Waals surface area contributed by atoms with Crippen LogP contribution in [0.2, 0.25) is 0 Å². The van der Waals surface area contributed by atoms with Crippen LogP contribution in [0.15, 0.2) is 54.9 Å². The number of amides is 6. The fraction of sp³-hybridized carbons (Fsp3) is 0.306. The SMILES string of the molecule is CC(C)n1cnnc1-c1cccc(NC(=O)c2cc(NC(=O)CCCCCNc3cccc4c3C(=O)N(C3CCC(=O)NC3=O)C4=O)c(F)cc2F)n1. The minimum atomic E-state index is -1.12. The van der Waals surface area contributed by atoms with E-state index >= 15 is 0 Å². The summed E-state index contributed by atoms with van der Waals surface area (Å²) in [6.45, 7) is 4.28. The van der Waals surface area contributed by atoms with Crippen LogP contribution in [-0.4, -0.2) is 72.7 Å². The Labute approximate surface area is 301 Å². The fourth-order valence-corrected chi connectivity index (χ4v) is 6.12. The van der Waals surface area contributed by atoms with E-state index in [4.69, 9.17) is 0 Å². The lowest BCUT2D eigenvalue weighted by Crippen LogP contribution is -2.54. The molecular formula is C36H35F2N9O6. The standard InChI is InChI=1S/C36H35F2N9O6/c1-19(2)46-18-40-45-32(46)25-10-7-11-28(41-25)43-33(50)21-16-26(23(38)17-22(21)37)42-29(48)12-4-3-5-15-39-24-9-6-8-20-31(24)36(53)47(35(20)52)27-13-14-30(49)44-34(27)51/h6-11,16-19,27,39H,3-5,12-15H2,1-2H3,(H,42,48)(H,41,43,50)(H,44,49,51). The smallest absolute Gasteiger partial charge is 0.264 e. The summed E-state index contributed by atoms with van der Waals surface area (Å²) < 4.78 is 31.2. The summed E-state index contributed by atoms with van der Waals surface area (Å²) >= 11 is 0. The summed E-state index contributed by atoms with van der Waals surface area (Å²) in [6, 6.07) is 10.0. The average Bonchev–Trinajstić information content (AvgIpc) is 3.71. The maximum Gasteiger partial charge on any atom is 0.264 e. The van der Waals surface area contributed by atoms with E-state index in [1.807, 2.05) is 13.8 Å². The van der Waals surface area contributed by atoms with Crippen molar-refractivity contribution in [1.29, 1.82) is 0 Å². The van der Waals surface area contributed by atoms with Gasteiger partial charge in [-0.2, -0.15) is 0 Å². The Morgan fingerprint density at radius 2 is 1.74 bits per heavy atom. The molecule has 0 aliphatic carbocycles. The summed E-state index contributed by atoms with van der Waals surface area (Å²) in [5, 5.41) is 18.2. The predicted molar refractivity (Wildman–Crippen MR) is 187 cm³/mol. The number of unbranched alkanes of at least 4 members (excludes halogenated alkanes) is 2. The molecule has 1 fully saturated rings. The lowest BCUT2D eigenvalue weighted by Gasteiger charge is -2.27. The number of fused-ring (bicyclic) bond motifs is 1. The van der Waals surface area contributed by atoms with Crippen molar-refractivity contribution in [3.05, 3.63) is 83.2 Å². The highest BCUT2D eigenvalue weighted by atomic mass is 19.1. The monoisotopic (exact) mass is 727 g/mol. The third-order valence-corrected chi connectivity index (χ3v) is 8.79. The van der Waals surface area contributed by atoms with Gasteiger partial charge in [0.25, 0.3) is 17.7 Å². The third-order valence-electron chi connectivity index (χ3n) is 8.79. The second-order valence-corrected chi connectivity index (χ2v) is 12.8. The largest absolute Gasteiger partial charge is 0.384 e. The van der Waals surface area contributed by atoms with Crippen molar-refractivity contribution in [2.24, 2.45) is 0 Å². The molecule has 4 N–H and O–H groups in total. The molecule has 2 aromatic carbocycles. The zero-order valence-corrected chi connectivity index (χ0v) is 28.7. The number of nitrogens with one attached hydrogen (secondary N) is 4. The van der Waals surface area contributed by atoms with Crippen LogP contribution in [0.1, 0.15) is 89.5 Å². The Hall–Kier alpha value is -6.39. The van der Waals surface area contributed by atoms with Gasteiger partial charge in [0.2, 0.25) is 17.7 Å². The molecule has 17 heteroatoms. The number of aromatic nitrogens is 4. The van der Waals surface area contributed by atoms with Gasteiger partial charge in [0, 0.05) is 37.2 Å². The third kappa shape index (κ3) is 7.78. The first-order valence-electron chi connectivity index (χ1n) is 17.0. The highest BCUT2D eigenvalue weighted by Crippen LogP contribution is 2.32. The molecule has 4 heterocycles. The van der Waals surface area contributed by atoms with E-state index in [9.17, 15) is 37.5 Å². The van der Waals surface area contributed by atoms with E-state index in [1.165, 1.54) is 12.1 Å². The molecule has 0 radical (unpaired) electrons. The topological polar surface area (TPSA) is 197 Å². The minimum Gasteiger partial charge on any atom is -0.384 e. The van der Waals surface area contributed by atoms with Gasteiger partial charge in [-0.3, -0.25) is 39.0 Å². The number of rotatable bonds is 13. The number of halogens is 2. The van der Waals surface area contributed by atoms with Gasteiger partial charge >= 0.3 is 0 Å². The van der Waals surface area contributed by atoms with Gasteiger partial charge in [0.15, 0.2) is 5.82 Å². The molecule has 1 atom stereocenters. The van der Waals surface area contributed by atoms with E-state index in [1.54, 1.807) is 35.2 Å². The lowest BCUT2D eigenvalue weighted by molar-refractivity contribution is -0.136. The van der Waals surface area contributed by atoms with Crippen molar-refractivity contribution in [2.75, 3.05) is 22.5 Å². The van der Waals surface area contributed by atoms with Gasteiger partial charge in [0.05, 0.1) is 22.4 Å². The maximum absolute atomic E-state index is 14.7. The van der Waals surface area contributed by atoms with Crippen LogP contribution >= 0.6 is 0 Å². The quantitative estimate of drug-likeness (QED) is 0.113. The number of hydrogen-bond acceptors (Lipinski definition) is 10. The van der Waals surface area contributed by atoms with E-state index in [2.05, 4.69) is 36.4 Å². The molecule has 2 aliphatic rings. The van der Waals surface area contributed by atoms with Crippen molar-refractivity contribution in [3.63, 3.8) is 0 Å². The van der Waals surface area contributed by atoms with Crippen molar-refractivity contribution in [1.82, 2.24) is 30.0 Å². The minimum absolute atomic E-state index is 0.00466. The molecule has 53 heavy (non-hydrogen) atoms. The van der Waals surface area contributed by atoms with Crippen molar-refractivity contribution < 1.29 is 37.5 Å². The lowest BCUT2D eigenvalue weighted by atomic mass is 10.0. The van der Waals surface area contributed by atoms with Crippen LogP contribution in [0.25, 0.3) is 11.5 Å². The van der Waals surface area contributed by atoms with Crippen molar-refractivity contribution in [2.45, 2.75) is 64.5 Å². The van der Waals surface area contributed by atoms with Gasteiger partial charge in [-0.25, -0.2) is 13.8 Å². The van der Waals surface area contributed by atoms with Crippen LogP contribution in [-0.2, 0) is 14.4 Å². The highest BCUT2D eigenvalue weighted by Gasteiger charge is 2.45. The van der Waals surface area contributed by atoms with Crippen LogP contribution in [0.4, 0.5) is 26.0 Å². The van der Waals surface area contributed by atoms with Gasteiger partial charge in [-0.05, 0) is 63.4 Å². The van der Waals surface area contributed by atoms with Gasteiger partial charge < -0.3 is 20.5 Å². The Balaban J connectivity index is 0.993. The summed E-state index contributed by atoms with van der Waals surface area (Å²) in [7, 11) is 0. The first kappa shape index (κ1) is 36.4. The number of benzene rings is 2. The van der Waals surface area contributed by atoms with Crippen LogP contribution in [0, 0.1) is 11.6 Å². The van der Waals surface area contributed by atoms with Crippen LogP contribution in [0.3, 0.4) is 0 Å². The van der Waals surface area contributed by atoms with Gasteiger partial charge in [-0.1, -0.05) is 18.6 Å². The summed E-state index contributed by atoms with van der Waals surface area (Å²) in [6.07, 6.45) is 3.16. The van der Waals surface area contributed by atoms with E-state index in [0.29, 0.717) is 49.1 Å². The first-order valence-corrected chi connectivity index (χ1v) is 17.0. The van der Waals surface area contributed by atoms with E-state index < -0.39 is 58.7 Å². The van der Waals surface area contributed by atoms with E-state index in [0.717, 1.165) is 11.0 Å². The molecule has 15 nitrogen and oxygen atoms in total. The average molecular weight is 728 g/mol. The fourth-order valence-electron chi connectivity index (χ4n) is 6.12. The molecule has 0 bridgehead atoms. The summed E-state index contributed by atoms with van der Waals surface area (Å²) in [4.78, 5) is 81.2. The number of nitrogens with zero attached hydrogens (tertiary/aromatic N) is 5. The zero-order valence-electron chi connectivity index (χ0n) is 28.7. The number of hydrogen-bond donors (Lipinski definition) is 4. The highest BCUT2D eigenvalue weighted by molar-refractivity contribution is 6.25. The Kier molecular flexibility index (Phi) is 10.6. The molecule has 1 unspecified atom stereocenters. The number of carbonyl (C=O) groups excluding carboxylic acids is 6. The van der Waals surface area contributed by atoms with Crippen molar-refractivity contribution in [3.8, 4) is 11.5 Å². The van der Waals surface area contributed by atoms with Crippen molar-refractivity contribution >= 4 is 52.6 Å². The van der Waals surface area contributed by atoms with Gasteiger partial charge in [-0.15, -0.1) is 10.2 Å². The first-order chi connectivity index (χ1) is 25.4. The number of imide groups is 2. The zero-order chi connectivity index (χ0) is 37.8. The number of pyridine rings is 1. The number of carbonyl (C=O) groups is 6. The molecule has 6 rings (SSSR count). The van der Waals surface area contributed by atoms with Crippen LogP contribution in [0.5, 0.6) is 0 Å². The predicted octanol–water partition coefficient (Wildman–Crippen LogP) is 4.46. The summed E-state index contributed by atoms with van der Waals surface area (Å²) in [5.41, 5.74) is 0.277. The van der Waals surface area contributed by atoms with Gasteiger partial charge in [0.1, 0.15) is 35.5 Å². The molecule has 274 valence electrons. The Morgan fingerprint density at radius 3 is 2.51 bits per heavy atom.